The zero-order valence-corrected chi connectivity index (χ0v) is 11.2. The van der Waals surface area contributed by atoms with Gasteiger partial charge in [0.25, 0.3) is 0 Å². The SMILES string of the molecule is CC(C1CC1)N(C)C(=O)Cc1ccc(CN)cc1. The van der Waals surface area contributed by atoms with E-state index in [4.69, 9.17) is 5.73 Å². The molecule has 0 aromatic heterocycles. The highest BCUT2D eigenvalue weighted by atomic mass is 16.2. The Balaban J connectivity index is 1.92. The van der Waals surface area contributed by atoms with Crippen molar-refractivity contribution in [2.75, 3.05) is 7.05 Å². The van der Waals surface area contributed by atoms with Crippen LogP contribution in [0.4, 0.5) is 0 Å². The Bertz CT molecular complexity index is 409. The molecule has 0 heterocycles. The molecule has 1 atom stereocenters. The molecule has 2 N–H and O–H groups in total. The summed E-state index contributed by atoms with van der Waals surface area (Å²) in [6, 6.07) is 8.35. The molecule has 1 amide bonds. The molecule has 1 saturated carbocycles. The molecule has 1 aromatic carbocycles. The van der Waals surface area contributed by atoms with Gasteiger partial charge in [-0.15, -0.1) is 0 Å². The van der Waals surface area contributed by atoms with Gasteiger partial charge in [-0.3, -0.25) is 4.79 Å². The number of hydrogen-bond donors (Lipinski definition) is 1. The second kappa shape index (κ2) is 5.53. The number of carbonyl (C=O) groups is 1. The maximum atomic E-state index is 12.1. The molecule has 1 aromatic rings. The summed E-state index contributed by atoms with van der Waals surface area (Å²) in [5.74, 6) is 0.925. The summed E-state index contributed by atoms with van der Waals surface area (Å²) in [7, 11) is 1.92. The lowest BCUT2D eigenvalue weighted by molar-refractivity contribution is -0.131. The van der Waals surface area contributed by atoms with Gasteiger partial charge in [0.2, 0.25) is 5.91 Å². The molecule has 0 saturated heterocycles. The van der Waals surface area contributed by atoms with Crippen molar-refractivity contribution in [3.05, 3.63) is 35.4 Å². The fraction of sp³-hybridized carbons (Fsp3) is 0.533. The first-order valence-electron chi connectivity index (χ1n) is 6.65. The van der Waals surface area contributed by atoms with E-state index in [0.29, 0.717) is 19.0 Å². The zero-order chi connectivity index (χ0) is 13.1. The molecular weight excluding hydrogens is 224 g/mol. The molecule has 0 aliphatic heterocycles. The van der Waals surface area contributed by atoms with Crippen molar-refractivity contribution in [1.29, 1.82) is 0 Å². The topological polar surface area (TPSA) is 46.3 Å². The standard InChI is InChI=1S/C15H22N2O/c1-11(14-7-8-14)17(2)15(18)9-12-3-5-13(10-16)6-4-12/h3-6,11,14H,7-10,16H2,1-2H3. The first-order chi connectivity index (χ1) is 8.61. The smallest absolute Gasteiger partial charge is 0.226 e. The van der Waals surface area contributed by atoms with Gasteiger partial charge >= 0.3 is 0 Å². The Morgan fingerprint density at radius 2 is 1.89 bits per heavy atom. The van der Waals surface area contributed by atoms with Crippen LogP contribution in [0, 0.1) is 5.92 Å². The second-order valence-corrected chi connectivity index (χ2v) is 5.28. The molecule has 0 bridgehead atoms. The van der Waals surface area contributed by atoms with Crippen LogP contribution in [0.2, 0.25) is 0 Å². The summed E-state index contributed by atoms with van der Waals surface area (Å²) in [4.78, 5) is 14.0. The van der Waals surface area contributed by atoms with Gasteiger partial charge in [0.05, 0.1) is 6.42 Å². The van der Waals surface area contributed by atoms with E-state index in [-0.39, 0.29) is 5.91 Å². The number of nitrogens with zero attached hydrogens (tertiary/aromatic N) is 1. The van der Waals surface area contributed by atoms with E-state index in [1.807, 2.05) is 36.2 Å². The molecule has 98 valence electrons. The highest BCUT2D eigenvalue weighted by Crippen LogP contribution is 2.34. The van der Waals surface area contributed by atoms with Crippen molar-refractivity contribution in [1.82, 2.24) is 4.90 Å². The molecular formula is C15H22N2O. The van der Waals surface area contributed by atoms with Crippen LogP contribution in [-0.2, 0) is 17.8 Å². The summed E-state index contributed by atoms with van der Waals surface area (Å²) in [6.45, 7) is 2.69. The summed E-state index contributed by atoms with van der Waals surface area (Å²) in [5, 5.41) is 0. The molecule has 3 nitrogen and oxygen atoms in total. The van der Waals surface area contributed by atoms with Crippen LogP contribution >= 0.6 is 0 Å². The van der Waals surface area contributed by atoms with Crippen LogP contribution in [0.15, 0.2) is 24.3 Å². The van der Waals surface area contributed by atoms with Gasteiger partial charge in [-0.05, 0) is 36.8 Å². The van der Waals surface area contributed by atoms with Gasteiger partial charge in [0.1, 0.15) is 0 Å². The van der Waals surface area contributed by atoms with E-state index in [9.17, 15) is 4.79 Å². The maximum Gasteiger partial charge on any atom is 0.226 e. The summed E-state index contributed by atoms with van der Waals surface area (Å²) < 4.78 is 0. The van der Waals surface area contributed by atoms with E-state index >= 15 is 0 Å². The van der Waals surface area contributed by atoms with Gasteiger partial charge in [-0.2, -0.15) is 0 Å². The predicted octanol–water partition coefficient (Wildman–Crippen LogP) is 1.94. The lowest BCUT2D eigenvalue weighted by Gasteiger charge is -2.25. The van der Waals surface area contributed by atoms with Crippen molar-refractivity contribution in [3.8, 4) is 0 Å². The Kier molecular flexibility index (Phi) is 4.02. The van der Waals surface area contributed by atoms with Gasteiger partial charge < -0.3 is 10.6 Å². The first kappa shape index (κ1) is 13.1. The number of benzene rings is 1. The van der Waals surface area contributed by atoms with Crippen LogP contribution in [0.1, 0.15) is 30.9 Å². The normalized spacial score (nSPS) is 16.4. The van der Waals surface area contributed by atoms with Gasteiger partial charge in [-0.25, -0.2) is 0 Å². The molecule has 0 spiro atoms. The maximum absolute atomic E-state index is 12.1. The molecule has 1 aliphatic rings. The van der Waals surface area contributed by atoms with Crippen molar-refractivity contribution >= 4 is 5.91 Å². The minimum Gasteiger partial charge on any atom is -0.342 e. The van der Waals surface area contributed by atoms with Gasteiger partial charge in [0, 0.05) is 19.6 Å². The van der Waals surface area contributed by atoms with Crippen molar-refractivity contribution in [2.24, 2.45) is 11.7 Å². The van der Waals surface area contributed by atoms with E-state index in [0.717, 1.165) is 17.0 Å². The number of nitrogens with two attached hydrogens (primary N) is 1. The van der Waals surface area contributed by atoms with Crippen LogP contribution in [0.25, 0.3) is 0 Å². The monoisotopic (exact) mass is 246 g/mol. The van der Waals surface area contributed by atoms with Crippen LogP contribution in [-0.4, -0.2) is 23.9 Å². The average molecular weight is 246 g/mol. The largest absolute Gasteiger partial charge is 0.342 e. The van der Waals surface area contributed by atoms with Gasteiger partial charge in [0.15, 0.2) is 0 Å². The van der Waals surface area contributed by atoms with Gasteiger partial charge in [-0.1, -0.05) is 24.3 Å². The average Bonchev–Trinajstić information content (AvgIpc) is 3.22. The summed E-state index contributed by atoms with van der Waals surface area (Å²) in [5.41, 5.74) is 7.72. The highest BCUT2D eigenvalue weighted by Gasteiger charge is 2.32. The third-order valence-corrected chi connectivity index (χ3v) is 3.92. The van der Waals surface area contributed by atoms with E-state index in [1.54, 1.807) is 0 Å². The van der Waals surface area contributed by atoms with Crippen LogP contribution in [0.5, 0.6) is 0 Å². The Hall–Kier alpha value is -1.35. The van der Waals surface area contributed by atoms with Crippen molar-refractivity contribution in [2.45, 2.75) is 38.8 Å². The fourth-order valence-corrected chi connectivity index (χ4v) is 2.21. The predicted molar refractivity (Wildman–Crippen MR) is 73.0 cm³/mol. The second-order valence-electron chi connectivity index (χ2n) is 5.28. The molecule has 0 radical (unpaired) electrons. The third-order valence-electron chi connectivity index (χ3n) is 3.92. The molecule has 1 unspecified atom stereocenters. The lowest BCUT2D eigenvalue weighted by atomic mass is 10.1. The minimum atomic E-state index is 0.204. The van der Waals surface area contributed by atoms with Crippen LogP contribution in [0.3, 0.4) is 0 Å². The Morgan fingerprint density at radius 1 is 1.33 bits per heavy atom. The lowest BCUT2D eigenvalue weighted by Crippen LogP contribution is -2.37. The van der Waals surface area contributed by atoms with E-state index in [1.165, 1.54) is 12.8 Å². The van der Waals surface area contributed by atoms with E-state index < -0.39 is 0 Å². The first-order valence-corrected chi connectivity index (χ1v) is 6.65. The third kappa shape index (κ3) is 3.10. The summed E-state index contributed by atoms with van der Waals surface area (Å²) >= 11 is 0. The molecule has 2 rings (SSSR count). The number of hydrogen-bond acceptors (Lipinski definition) is 2. The fourth-order valence-electron chi connectivity index (χ4n) is 2.21. The van der Waals surface area contributed by atoms with Crippen LogP contribution < -0.4 is 5.73 Å². The quantitative estimate of drug-likeness (QED) is 0.863. The number of likely N-dealkylation sites (N-methyl/N-ethyl adjacent to an activating group) is 1. The zero-order valence-electron chi connectivity index (χ0n) is 11.2. The Labute approximate surface area is 109 Å². The Morgan fingerprint density at radius 3 is 2.39 bits per heavy atom. The highest BCUT2D eigenvalue weighted by molar-refractivity contribution is 5.78. The molecule has 1 fully saturated rings. The molecule has 1 aliphatic carbocycles. The molecule has 3 heteroatoms. The minimum absolute atomic E-state index is 0.204. The number of amides is 1. The summed E-state index contributed by atoms with van der Waals surface area (Å²) in [6.07, 6.45) is 3.02. The number of rotatable bonds is 5. The molecule has 18 heavy (non-hydrogen) atoms. The van der Waals surface area contributed by atoms with E-state index in [2.05, 4.69) is 6.92 Å². The van der Waals surface area contributed by atoms with Crippen molar-refractivity contribution in [3.63, 3.8) is 0 Å². The van der Waals surface area contributed by atoms with Crippen molar-refractivity contribution < 1.29 is 4.79 Å². The number of carbonyl (C=O) groups excluding carboxylic acids is 1.